The number of anilines is 2. The van der Waals surface area contributed by atoms with E-state index in [1.165, 1.54) is 41.4 Å². The number of hydrogen-bond acceptors (Lipinski definition) is 5. The molecule has 3 aromatic carbocycles. The molecular weight excluding hydrogens is 432 g/mol. The Labute approximate surface area is 186 Å². The molecule has 0 bridgehead atoms. The van der Waals surface area contributed by atoms with Gasteiger partial charge >= 0.3 is 0 Å². The number of carbonyl (C=O) groups is 1. The van der Waals surface area contributed by atoms with E-state index in [9.17, 15) is 13.2 Å². The van der Waals surface area contributed by atoms with Crippen molar-refractivity contribution in [3.8, 4) is 5.75 Å². The van der Waals surface area contributed by atoms with Crippen molar-refractivity contribution in [2.75, 3.05) is 29.5 Å². The summed E-state index contributed by atoms with van der Waals surface area (Å²) in [7, 11) is -2.37. The quantitative estimate of drug-likeness (QED) is 0.558. The van der Waals surface area contributed by atoms with Gasteiger partial charge in [0, 0.05) is 11.4 Å². The molecule has 160 valence electrons. The van der Waals surface area contributed by atoms with Gasteiger partial charge in [0.25, 0.3) is 15.9 Å². The lowest BCUT2D eigenvalue weighted by molar-refractivity contribution is 0.102. The molecule has 1 amide bonds. The third-order valence-corrected chi connectivity index (χ3v) is 7.81. The minimum Gasteiger partial charge on any atom is -0.496 e. The van der Waals surface area contributed by atoms with Gasteiger partial charge in [0.1, 0.15) is 5.75 Å². The minimum atomic E-state index is -3.83. The van der Waals surface area contributed by atoms with Crippen LogP contribution < -0.4 is 14.4 Å². The molecule has 0 saturated heterocycles. The number of nitrogens with zero attached hydrogens (tertiary/aromatic N) is 1. The van der Waals surface area contributed by atoms with Gasteiger partial charge in [0.15, 0.2) is 0 Å². The second-order valence-electron chi connectivity index (χ2n) is 6.97. The molecule has 1 aliphatic rings. The van der Waals surface area contributed by atoms with Crippen molar-refractivity contribution < 1.29 is 17.9 Å². The van der Waals surface area contributed by atoms with E-state index in [1.807, 2.05) is 42.7 Å². The van der Waals surface area contributed by atoms with Crippen LogP contribution in [0.25, 0.3) is 0 Å². The van der Waals surface area contributed by atoms with E-state index in [4.69, 9.17) is 4.74 Å². The number of methoxy groups -OCH3 is 1. The van der Waals surface area contributed by atoms with Crippen LogP contribution in [0.2, 0.25) is 0 Å². The van der Waals surface area contributed by atoms with Gasteiger partial charge in [-0.05, 0) is 54.6 Å². The minimum absolute atomic E-state index is 0.0494. The molecule has 0 saturated carbocycles. The van der Waals surface area contributed by atoms with Crippen LogP contribution in [0.1, 0.15) is 15.9 Å². The monoisotopic (exact) mass is 454 g/mol. The van der Waals surface area contributed by atoms with Crippen LogP contribution in [0.15, 0.2) is 76.5 Å². The van der Waals surface area contributed by atoms with Crippen molar-refractivity contribution in [3.63, 3.8) is 0 Å². The lowest BCUT2D eigenvalue weighted by Gasteiger charge is -2.20. The molecule has 0 aliphatic carbocycles. The first-order valence-corrected chi connectivity index (χ1v) is 12.3. The van der Waals surface area contributed by atoms with Crippen molar-refractivity contribution in [1.29, 1.82) is 0 Å². The largest absolute Gasteiger partial charge is 0.496 e. The molecule has 0 aromatic heterocycles. The number of sulfonamides is 1. The third-order valence-electron chi connectivity index (χ3n) is 5.20. The molecule has 1 N–H and O–H groups in total. The first-order valence-electron chi connectivity index (χ1n) is 9.69. The second-order valence-corrected chi connectivity index (χ2v) is 9.68. The summed E-state index contributed by atoms with van der Waals surface area (Å²) in [6.45, 7) is 0.371. The summed E-state index contributed by atoms with van der Waals surface area (Å²) < 4.78 is 33.5. The van der Waals surface area contributed by atoms with Gasteiger partial charge in [0.2, 0.25) is 0 Å². The van der Waals surface area contributed by atoms with Crippen LogP contribution in [-0.2, 0) is 16.4 Å². The molecule has 1 aliphatic heterocycles. The number of rotatable bonds is 6. The highest BCUT2D eigenvalue weighted by Gasteiger charge is 2.31. The molecule has 0 spiro atoms. The predicted molar refractivity (Wildman–Crippen MR) is 124 cm³/mol. The van der Waals surface area contributed by atoms with Crippen LogP contribution in [0.4, 0.5) is 11.4 Å². The van der Waals surface area contributed by atoms with Gasteiger partial charge < -0.3 is 10.1 Å². The van der Waals surface area contributed by atoms with E-state index >= 15 is 0 Å². The number of carbonyl (C=O) groups excluding carboxylic acids is 1. The molecule has 1 heterocycles. The predicted octanol–water partition coefficient (Wildman–Crippen LogP) is 4.42. The van der Waals surface area contributed by atoms with E-state index in [0.717, 1.165) is 10.5 Å². The average Bonchev–Trinajstić information content (AvgIpc) is 3.24. The van der Waals surface area contributed by atoms with Gasteiger partial charge in [-0.1, -0.05) is 30.3 Å². The topological polar surface area (TPSA) is 75.7 Å². The van der Waals surface area contributed by atoms with Gasteiger partial charge in [-0.2, -0.15) is 0 Å². The van der Waals surface area contributed by atoms with Crippen LogP contribution in [0.3, 0.4) is 0 Å². The fourth-order valence-corrected chi connectivity index (χ4v) is 5.73. The van der Waals surface area contributed by atoms with E-state index in [2.05, 4.69) is 5.32 Å². The summed E-state index contributed by atoms with van der Waals surface area (Å²) in [5.41, 5.74) is 2.49. The number of amides is 1. The van der Waals surface area contributed by atoms with Crippen LogP contribution in [-0.4, -0.2) is 34.2 Å². The summed E-state index contributed by atoms with van der Waals surface area (Å²) in [6.07, 6.45) is 2.58. The number of fused-ring (bicyclic) bond motifs is 1. The smallest absolute Gasteiger partial charge is 0.264 e. The number of thioether (sulfide) groups is 1. The Morgan fingerprint density at radius 3 is 2.58 bits per heavy atom. The normalized spacial score (nSPS) is 13.0. The highest BCUT2D eigenvalue weighted by molar-refractivity contribution is 7.98. The Balaban J connectivity index is 1.70. The van der Waals surface area contributed by atoms with Crippen molar-refractivity contribution >= 4 is 39.1 Å². The Morgan fingerprint density at radius 2 is 1.81 bits per heavy atom. The van der Waals surface area contributed by atoms with E-state index in [0.29, 0.717) is 30.1 Å². The van der Waals surface area contributed by atoms with Crippen LogP contribution >= 0.6 is 11.8 Å². The zero-order chi connectivity index (χ0) is 22.0. The number of hydrogen-bond donors (Lipinski definition) is 1. The fourth-order valence-electron chi connectivity index (χ4n) is 3.65. The van der Waals surface area contributed by atoms with Gasteiger partial charge in [0.05, 0.1) is 28.9 Å². The Morgan fingerprint density at radius 1 is 1.06 bits per heavy atom. The summed E-state index contributed by atoms with van der Waals surface area (Å²) in [5.74, 6) is -0.128. The molecular formula is C23H22N2O4S2. The Hall–Kier alpha value is -2.97. The lowest BCUT2D eigenvalue weighted by atomic mass is 10.2. The maximum absolute atomic E-state index is 13.4. The first-order chi connectivity index (χ1) is 15.0. The van der Waals surface area contributed by atoms with Gasteiger partial charge in [-0.25, -0.2) is 8.42 Å². The molecule has 3 aromatic rings. The Kier molecular flexibility index (Phi) is 5.93. The highest BCUT2D eigenvalue weighted by atomic mass is 32.2. The summed E-state index contributed by atoms with van der Waals surface area (Å²) in [4.78, 5) is 14.0. The molecule has 0 fully saturated rings. The van der Waals surface area contributed by atoms with Crippen LogP contribution in [0.5, 0.6) is 5.75 Å². The molecule has 8 heteroatoms. The number of ether oxygens (including phenoxy) is 1. The maximum Gasteiger partial charge on any atom is 0.264 e. The highest BCUT2D eigenvalue weighted by Crippen LogP contribution is 2.34. The van der Waals surface area contributed by atoms with Gasteiger partial charge in [-0.3, -0.25) is 9.10 Å². The summed E-state index contributed by atoms with van der Waals surface area (Å²) in [5, 5.41) is 2.87. The van der Waals surface area contributed by atoms with E-state index in [1.54, 1.807) is 12.1 Å². The van der Waals surface area contributed by atoms with Crippen molar-refractivity contribution in [1.82, 2.24) is 0 Å². The third kappa shape index (κ3) is 4.00. The Bertz CT molecular complexity index is 1240. The molecule has 0 unspecified atom stereocenters. The maximum atomic E-state index is 13.4. The molecule has 4 rings (SSSR count). The fraction of sp³-hybridized carbons (Fsp3) is 0.174. The average molecular weight is 455 g/mol. The van der Waals surface area contributed by atoms with Crippen molar-refractivity contribution in [2.24, 2.45) is 0 Å². The number of benzene rings is 3. The van der Waals surface area contributed by atoms with E-state index < -0.39 is 15.9 Å². The first kappa shape index (κ1) is 21.3. The van der Waals surface area contributed by atoms with E-state index in [-0.39, 0.29) is 10.5 Å². The van der Waals surface area contributed by atoms with Crippen molar-refractivity contribution in [2.45, 2.75) is 16.2 Å². The van der Waals surface area contributed by atoms with Crippen molar-refractivity contribution in [3.05, 3.63) is 77.9 Å². The standard InChI is InChI=1S/C23H22N2O4S2/c1-29-21-12-11-17(31(27,28)25-14-13-16-7-3-5-9-20(16)25)15-18(21)23(26)24-19-8-4-6-10-22(19)30-2/h3-12,15H,13-14H2,1-2H3,(H,24,26). The summed E-state index contributed by atoms with van der Waals surface area (Å²) in [6, 6.07) is 19.3. The number of nitrogens with one attached hydrogen (secondary N) is 1. The second kappa shape index (κ2) is 8.64. The lowest BCUT2D eigenvalue weighted by Crippen LogP contribution is -2.29. The summed E-state index contributed by atoms with van der Waals surface area (Å²) >= 11 is 1.51. The zero-order valence-corrected chi connectivity index (χ0v) is 18.8. The zero-order valence-electron chi connectivity index (χ0n) is 17.2. The molecule has 6 nitrogen and oxygen atoms in total. The number of para-hydroxylation sites is 2. The molecule has 0 atom stereocenters. The molecule has 31 heavy (non-hydrogen) atoms. The van der Waals surface area contributed by atoms with Crippen LogP contribution in [0, 0.1) is 0 Å². The molecule has 0 radical (unpaired) electrons. The SMILES string of the molecule is COc1ccc(S(=O)(=O)N2CCc3ccccc32)cc1C(=O)Nc1ccccc1SC. The van der Waals surface area contributed by atoms with Gasteiger partial charge in [-0.15, -0.1) is 11.8 Å².